The molecule has 0 saturated carbocycles. The van der Waals surface area contributed by atoms with Gasteiger partial charge in [0, 0.05) is 23.6 Å². The Hall–Kier alpha value is -4.13. The zero-order chi connectivity index (χ0) is 23.5. The molecule has 1 aliphatic rings. The van der Waals surface area contributed by atoms with Crippen molar-refractivity contribution in [2.75, 3.05) is 18.6 Å². The lowest BCUT2D eigenvalue weighted by molar-refractivity contribution is -0.132. The average Bonchev–Trinajstić information content (AvgIpc) is 3.10. The number of Topliss-reactive ketones (excluding diaryl/α,β-unsaturated/α-hetero) is 1. The van der Waals surface area contributed by atoms with E-state index in [0.29, 0.717) is 34.9 Å². The number of amides is 1. The summed E-state index contributed by atoms with van der Waals surface area (Å²) in [5, 5.41) is 11.2. The first kappa shape index (κ1) is 22.1. The lowest BCUT2D eigenvalue weighted by Crippen LogP contribution is -2.29. The molecule has 1 fully saturated rings. The Bertz CT molecular complexity index is 1220. The molecule has 3 aromatic rings. The minimum atomic E-state index is -0.812. The first-order chi connectivity index (χ1) is 16.0. The topological polar surface area (TPSA) is 89.0 Å². The van der Waals surface area contributed by atoms with Gasteiger partial charge in [0.2, 0.25) is 0 Å². The molecule has 1 atom stereocenters. The highest BCUT2D eigenvalue weighted by Gasteiger charge is 2.47. The average molecular weight is 444 g/mol. The highest BCUT2D eigenvalue weighted by Crippen LogP contribution is 2.42. The molecule has 7 heteroatoms. The van der Waals surface area contributed by atoms with Crippen LogP contribution in [0.1, 0.15) is 29.7 Å². The number of pyridine rings is 1. The second-order valence-corrected chi connectivity index (χ2v) is 7.56. The zero-order valence-corrected chi connectivity index (χ0v) is 18.6. The highest BCUT2D eigenvalue weighted by atomic mass is 16.5. The van der Waals surface area contributed by atoms with Gasteiger partial charge in [-0.05, 0) is 79.6 Å². The third-order valence-electron chi connectivity index (χ3n) is 5.56. The van der Waals surface area contributed by atoms with Crippen LogP contribution in [0, 0.1) is 6.92 Å². The molecule has 4 rings (SSSR count). The fraction of sp³-hybridized carbons (Fsp3) is 0.192. The van der Waals surface area contributed by atoms with E-state index >= 15 is 0 Å². The van der Waals surface area contributed by atoms with Crippen molar-refractivity contribution in [3.8, 4) is 11.5 Å². The maximum Gasteiger partial charge on any atom is 0.300 e. The number of anilines is 1. The van der Waals surface area contributed by atoms with Gasteiger partial charge in [0.05, 0.1) is 25.3 Å². The summed E-state index contributed by atoms with van der Waals surface area (Å²) in [7, 11) is 1.56. The van der Waals surface area contributed by atoms with Gasteiger partial charge in [-0.1, -0.05) is 0 Å². The summed E-state index contributed by atoms with van der Waals surface area (Å²) in [6.45, 7) is 4.24. The molecule has 0 spiro atoms. The van der Waals surface area contributed by atoms with Gasteiger partial charge in [0.1, 0.15) is 17.3 Å². The molecule has 1 aliphatic heterocycles. The number of rotatable bonds is 6. The minimum Gasteiger partial charge on any atom is -0.507 e. The molecule has 0 radical (unpaired) electrons. The van der Waals surface area contributed by atoms with Gasteiger partial charge in [-0.15, -0.1) is 0 Å². The lowest BCUT2D eigenvalue weighted by atomic mass is 9.95. The van der Waals surface area contributed by atoms with Gasteiger partial charge in [-0.2, -0.15) is 0 Å². The van der Waals surface area contributed by atoms with Crippen LogP contribution in [0.2, 0.25) is 0 Å². The Labute approximate surface area is 191 Å². The molecule has 168 valence electrons. The molecule has 33 heavy (non-hydrogen) atoms. The second kappa shape index (κ2) is 9.16. The maximum absolute atomic E-state index is 13.2. The van der Waals surface area contributed by atoms with Gasteiger partial charge in [0.25, 0.3) is 11.7 Å². The normalized spacial score (nSPS) is 17.3. The van der Waals surface area contributed by atoms with Crippen molar-refractivity contribution in [2.24, 2.45) is 0 Å². The van der Waals surface area contributed by atoms with Crippen molar-refractivity contribution in [3.05, 3.63) is 89.3 Å². The summed E-state index contributed by atoms with van der Waals surface area (Å²) >= 11 is 0. The van der Waals surface area contributed by atoms with E-state index in [1.807, 2.05) is 13.8 Å². The van der Waals surface area contributed by atoms with E-state index in [-0.39, 0.29) is 11.3 Å². The standard InChI is InChI=1S/C26H24N2O5/c1-4-33-20-8-6-19(7-9-20)28-23(17-11-13-27-14-12-17)22(25(30)26(28)31)24(29)18-5-10-21(32-3)16(2)15-18/h5-15,23,29H,4H2,1-3H3/b24-22-. The zero-order valence-electron chi connectivity index (χ0n) is 18.6. The quantitative estimate of drug-likeness (QED) is 0.344. The number of carbonyl (C=O) groups excluding carboxylic acids is 2. The predicted molar refractivity (Wildman–Crippen MR) is 124 cm³/mol. The molecule has 1 N–H and O–H groups in total. The smallest absolute Gasteiger partial charge is 0.300 e. The Balaban J connectivity index is 1.87. The molecular weight excluding hydrogens is 420 g/mol. The van der Waals surface area contributed by atoms with Crippen LogP contribution in [0.15, 0.2) is 72.6 Å². The Kier molecular flexibility index (Phi) is 6.13. The number of aliphatic hydroxyl groups excluding tert-OH is 1. The van der Waals surface area contributed by atoms with Crippen molar-refractivity contribution < 1.29 is 24.2 Å². The molecular formula is C26H24N2O5. The molecule has 1 amide bonds. The van der Waals surface area contributed by atoms with E-state index in [1.54, 1.807) is 74.1 Å². The number of carbonyl (C=O) groups is 2. The minimum absolute atomic E-state index is 0.0182. The van der Waals surface area contributed by atoms with E-state index in [2.05, 4.69) is 4.98 Å². The summed E-state index contributed by atoms with van der Waals surface area (Å²) in [4.78, 5) is 31.8. The Morgan fingerprint density at radius 2 is 1.76 bits per heavy atom. The largest absolute Gasteiger partial charge is 0.507 e. The number of ketones is 1. The van der Waals surface area contributed by atoms with Crippen LogP contribution in [0.4, 0.5) is 5.69 Å². The summed E-state index contributed by atoms with van der Waals surface area (Å²) in [6.07, 6.45) is 3.18. The van der Waals surface area contributed by atoms with Crippen molar-refractivity contribution in [1.29, 1.82) is 0 Å². The van der Waals surface area contributed by atoms with Crippen LogP contribution in [0.25, 0.3) is 5.76 Å². The van der Waals surface area contributed by atoms with E-state index < -0.39 is 17.7 Å². The van der Waals surface area contributed by atoms with Crippen LogP contribution in [-0.2, 0) is 9.59 Å². The number of methoxy groups -OCH3 is 1. The predicted octanol–water partition coefficient (Wildman–Crippen LogP) is 4.42. The third kappa shape index (κ3) is 4.05. The number of nitrogens with zero attached hydrogens (tertiary/aromatic N) is 2. The number of aliphatic hydroxyl groups is 1. The van der Waals surface area contributed by atoms with E-state index in [1.165, 1.54) is 4.90 Å². The second-order valence-electron chi connectivity index (χ2n) is 7.56. The summed E-state index contributed by atoms with van der Waals surface area (Å²) in [5.41, 5.74) is 2.42. The van der Waals surface area contributed by atoms with Crippen LogP contribution < -0.4 is 14.4 Å². The van der Waals surface area contributed by atoms with Crippen molar-refractivity contribution in [1.82, 2.24) is 4.98 Å². The lowest BCUT2D eigenvalue weighted by Gasteiger charge is -2.25. The van der Waals surface area contributed by atoms with Crippen LogP contribution in [-0.4, -0.2) is 35.5 Å². The molecule has 0 aliphatic carbocycles. The monoisotopic (exact) mass is 444 g/mol. The molecule has 7 nitrogen and oxygen atoms in total. The highest BCUT2D eigenvalue weighted by molar-refractivity contribution is 6.51. The summed E-state index contributed by atoms with van der Waals surface area (Å²) in [5.74, 6) is -0.391. The number of hydrogen-bond donors (Lipinski definition) is 1. The third-order valence-corrected chi connectivity index (χ3v) is 5.56. The van der Waals surface area contributed by atoms with Gasteiger partial charge in [-0.3, -0.25) is 19.5 Å². The SMILES string of the molecule is CCOc1ccc(N2C(=O)C(=O)/C(=C(\O)c3ccc(OC)c(C)c3)C2c2ccncc2)cc1. The molecule has 1 saturated heterocycles. The number of aromatic nitrogens is 1. The Morgan fingerprint density at radius 1 is 1.06 bits per heavy atom. The van der Waals surface area contributed by atoms with E-state index in [0.717, 1.165) is 5.56 Å². The van der Waals surface area contributed by atoms with Crippen LogP contribution in [0.3, 0.4) is 0 Å². The molecule has 1 aromatic heterocycles. The molecule has 2 heterocycles. The number of ether oxygens (including phenoxy) is 2. The maximum atomic E-state index is 13.2. The van der Waals surface area contributed by atoms with E-state index in [4.69, 9.17) is 9.47 Å². The number of aryl methyl sites for hydroxylation is 1. The van der Waals surface area contributed by atoms with Crippen molar-refractivity contribution >= 4 is 23.1 Å². The Morgan fingerprint density at radius 3 is 2.36 bits per heavy atom. The first-order valence-corrected chi connectivity index (χ1v) is 10.5. The van der Waals surface area contributed by atoms with Gasteiger partial charge >= 0.3 is 0 Å². The molecule has 2 aromatic carbocycles. The van der Waals surface area contributed by atoms with Gasteiger partial charge in [0.15, 0.2) is 0 Å². The number of benzene rings is 2. The molecule has 1 unspecified atom stereocenters. The van der Waals surface area contributed by atoms with Crippen molar-refractivity contribution in [2.45, 2.75) is 19.9 Å². The summed E-state index contributed by atoms with van der Waals surface area (Å²) < 4.78 is 10.8. The van der Waals surface area contributed by atoms with Gasteiger partial charge in [-0.25, -0.2) is 0 Å². The number of hydrogen-bond acceptors (Lipinski definition) is 6. The van der Waals surface area contributed by atoms with Crippen molar-refractivity contribution in [3.63, 3.8) is 0 Å². The summed E-state index contributed by atoms with van der Waals surface area (Å²) in [6, 6.07) is 14.7. The van der Waals surface area contributed by atoms with E-state index in [9.17, 15) is 14.7 Å². The molecule has 0 bridgehead atoms. The first-order valence-electron chi connectivity index (χ1n) is 10.5. The fourth-order valence-corrected chi connectivity index (χ4v) is 4.01. The van der Waals surface area contributed by atoms with Crippen LogP contribution in [0.5, 0.6) is 11.5 Å². The van der Waals surface area contributed by atoms with Crippen LogP contribution >= 0.6 is 0 Å². The van der Waals surface area contributed by atoms with Gasteiger partial charge < -0.3 is 14.6 Å². The fourth-order valence-electron chi connectivity index (χ4n) is 4.01.